The summed E-state index contributed by atoms with van der Waals surface area (Å²) in [6, 6.07) is 12.8. The van der Waals surface area contributed by atoms with Gasteiger partial charge in [0.1, 0.15) is 17.5 Å². The summed E-state index contributed by atoms with van der Waals surface area (Å²) in [4.78, 5) is 38.0. The lowest BCUT2D eigenvalue weighted by atomic mass is 9.82. The Balaban J connectivity index is 1.18. The van der Waals surface area contributed by atoms with Gasteiger partial charge in [-0.15, -0.1) is 0 Å². The van der Waals surface area contributed by atoms with Gasteiger partial charge in [0.05, 0.1) is 18.9 Å². The van der Waals surface area contributed by atoms with E-state index < -0.39 is 6.04 Å². The molecule has 1 saturated carbocycles. The summed E-state index contributed by atoms with van der Waals surface area (Å²) in [5, 5.41) is 7.47. The number of nitrogens with one attached hydrogen (secondary N) is 1. The minimum atomic E-state index is -0.884. The molecule has 7 rings (SSSR count). The van der Waals surface area contributed by atoms with E-state index in [-0.39, 0.29) is 53.2 Å². The van der Waals surface area contributed by atoms with Gasteiger partial charge in [-0.25, -0.2) is 0 Å². The second-order valence-corrected chi connectivity index (χ2v) is 14.9. The van der Waals surface area contributed by atoms with Gasteiger partial charge in [0.25, 0.3) is 0 Å². The van der Waals surface area contributed by atoms with Crippen LogP contribution >= 0.6 is 0 Å². The normalized spacial score (nSPS) is 26.2. The third-order valence-corrected chi connectivity index (χ3v) is 10.9. The average molecular weight is 654 g/mol. The number of anilines is 1. The molecule has 3 aliphatic heterocycles. The third kappa shape index (κ3) is 6.28. The smallest absolute Gasteiger partial charge is 0.248 e. The number of carbonyl (C=O) groups excluding carboxylic acids is 2. The topological polar surface area (TPSA) is 110 Å². The molecule has 3 saturated heterocycles. The number of carbonyl (C=O) groups is 2. The number of aryl methyl sites for hydroxylation is 1. The fourth-order valence-electron chi connectivity index (χ4n) is 8.26. The van der Waals surface area contributed by atoms with Crippen molar-refractivity contribution in [3.05, 3.63) is 84.0 Å². The molecular formula is C38H47N5O5. The Hall–Kier alpha value is -4.02. The van der Waals surface area contributed by atoms with E-state index >= 15 is 4.79 Å². The number of pyridine rings is 1. The van der Waals surface area contributed by atoms with Crippen molar-refractivity contribution >= 4 is 23.2 Å². The van der Waals surface area contributed by atoms with Gasteiger partial charge in [-0.1, -0.05) is 50.7 Å². The Bertz CT molecular complexity index is 1620. The Morgan fingerprint density at radius 1 is 1.08 bits per heavy atom. The number of benzene rings is 1. The lowest BCUT2D eigenvalue weighted by Gasteiger charge is -2.39. The van der Waals surface area contributed by atoms with Crippen molar-refractivity contribution in [3.8, 4) is 0 Å². The van der Waals surface area contributed by atoms with Crippen molar-refractivity contribution in [2.24, 2.45) is 23.7 Å². The molecule has 2 unspecified atom stereocenters. The van der Waals surface area contributed by atoms with E-state index in [1.54, 1.807) is 17.3 Å². The van der Waals surface area contributed by atoms with E-state index in [1.807, 2.05) is 37.3 Å². The second-order valence-electron chi connectivity index (χ2n) is 14.9. The Morgan fingerprint density at radius 3 is 2.52 bits per heavy atom. The van der Waals surface area contributed by atoms with Crippen LogP contribution in [-0.2, 0) is 24.5 Å². The van der Waals surface area contributed by atoms with Crippen LogP contribution in [0.1, 0.15) is 75.1 Å². The summed E-state index contributed by atoms with van der Waals surface area (Å²) in [6.45, 7) is 15.3. The van der Waals surface area contributed by atoms with Crippen LogP contribution in [0, 0.1) is 30.6 Å². The molecule has 48 heavy (non-hydrogen) atoms. The fourth-order valence-corrected chi connectivity index (χ4v) is 8.26. The number of hydrogen-bond donors (Lipinski definition) is 1. The SMILES string of the molecule is C=C(c1cc(C)on1)N1CCC(NC(=O)C(c2cccnc2)N(C(=O)[C@@H]2CC3CO[C@@H]4OCC[C@H]2[C@H]34)c2ccc(C(C)(C)C)cc2)CC1. The maximum atomic E-state index is 15.0. The molecule has 10 nitrogen and oxygen atoms in total. The van der Waals surface area contributed by atoms with Crippen LogP contribution in [0.25, 0.3) is 5.70 Å². The van der Waals surface area contributed by atoms with Gasteiger partial charge in [0.15, 0.2) is 6.29 Å². The number of ether oxygens (including phenoxy) is 2. The predicted octanol–water partition coefficient (Wildman–Crippen LogP) is 5.65. The molecule has 3 aromatic rings. The number of nitrogens with zero attached hydrogens (tertiary/aromatic N) is 4. The molecule has 254 valence electrons. The second kappa shape index (κ2) is 13.1. The number of hydrogen-bond acceptors (Lipinski definition) is 8. The van der Waals surface area contributed by atoms with E-state index in [4.69, 9.17) is 14.0 Å². The molecule has 0 bridgehead atoms. The minimum absolute atomic E-state index is 0.0171. The van der Waals surface area contributed by atoms with Crippen LogP contribution in [0.4, 0.5) is 5.69 Å². The van der Waals surface area contributed by atoms with Gasteiger partial charge < -0.3 is 24.2 Å². The van der Waals surface area contributed by atoms with Crippen LogP contribution in [-0.4, -0.2) is 65.5 Å². The molecule has 4 aliphatic rings. The van der Waals surface area contributed by atoms with E-state index in [1.165, 1.54) is 0 Å². The van der Waals surface area contributed by atoms with E-state index in [0.29, 0.717) is 24.5 Å². The van der Waals surface area contributed by atoms with E-state index in [0.717, 1.165) is 61.5 Å². The molecule has 5 heterocycles. The molecule has 10 heteroatoms. The zero-order valence-corrected chi connectivity index (χ0v) is 28.4. The largest absolute Gasteiger partial charge is 0.370 e. The number of amides is 2. The van der Waals surface area contributed by atoms with Crippen LogP contribution in [0.2, 0.25) is 0 Å². The van der Waals surface area contributed by atoms with Crippen LogP contribution < -0.4 is 10.2 Å². The number of piperidine rings is 1. The molecule has 6 atom stereocenters. The summed E-state index contributed by atoms with van der Waals surface area (Å²) >= 11 is 0. The van der Waals surface area contributed by atoms with Gasteiger partial charge in [0.2, 0.25) is 11.8 Å². The Labute approximate surface area is 282 Å². The zero-order valence-electron chi connectivity index (χ0n) is 28.4. The van der Waals surface area contributed by atoms with Crippen LogP contribution in [0.15, 0.2) is 66.0 Å². The summed E-state index contributed by atoms with van der Waals surface area (Å²) < 4.78 is 17.2. The summed E-state index contributed by atoms with van der Waals surface area (Å²) in [5.41, 5.74) is 4.05. The van der Waals surface area contributed by atoms with Crippen LogP contribution in [0.5, 0.6) is 0 Å². The maximum absolute atomic E-state index is 15.0. The standard InChI is InChI=1S/C38H47N5O5/c1-23-19-32(41-48-23)24(2)42-16-12-28(13-17-42)40-35(44)34(25-7-6-15-39-21-25)43(29-10-8-27(9-11-29)38(3,4)5)36(45)31-20-26-22-47-37-33(26)30(31)14-18-46-37/h6-11,15,19,21,26,28,30-31,33-34,37H,2,12-14,16-18,20,22H2,1,3-5H3,(H,40,44)/t26?,30-,31-,33+,34?,37+/m1/s1. The lowest BCUT2D eigenvalue weighted by Crippen LogP contribution is -2.51. The quantitative estimate of drug-likeness (QED) is 0.333. The minimum Gasteiger partial charge on any atom is -0.370 e. The summed E-state index contributed by atoms with van der Waals surface area (Å²) in [5.74, 6) is 0.953. The van der Waals surface area contributed by atoms with Crippen molar-refractivity contribution in [2.75, 3.05) is 31.2 Å². The highest BCUT2D eigenvalue weighted by Crippen LogP contribution is 2.53. The fraction of sp³-hybridized carbons (Fsp3) is 0.526. The van der Waals surface area contributed by atoms with E-state index in [9.17, 15) is 4.79 Å². The lowest BCUT2D eigenvalue weighted by molar-refractivity contribution is -0.170. The summed E-state index contributed by atoms with van der Waals surface area (Å²) in [6.07, 6.45) is 6.20. The predicted molar refractivity (Wildman–Crippen MR) is 182 cm³/mol. The van der Waals surface area contributed by atoms with Crippen molar-refractivity contribution in [2.45, 2.75) is 77.2 Å². The molecule has 2 aromatic heterocycles. The molecular weight excluding hydrogens is 606 g/mol. The molecule has 2 amide bonds. The maximum Gasteiger partial charge on any atom is 0.248 e. The van der Waals surface area contributed by atoms with E-state index in [2.05, 4.69) is 59.8 Å². The number of aromatic nitrogens is 2. The first-order chi connectivity index (χ1) is 23.1. The van der Waals surface area contributed by atoms with Crippen molar-refractivity contribution in [3.63, 3.8) is 0 Å². The van der Waals surface area contributed by atoms with Crippen LogP contribution in [0.3, 0.4) is 0 Å². The highest BCUT2D eigenvalue weighted by Gasteiger charge is 2.56. The highest BCUT2D eigenvalue weighted by molar-refractivity contribution is 6.02. The van der Waals surface area contributed by atoms with Crippen molar-refractivity contribution < 1.29 is 23.6 Å². The number of rotatable bonds is 8. The first kappa shape index (κ1) is 32.5. The number of likely N-dealkylation sites (tertiary alicyclic amines) is 1. The van der Waals surface area contributed by atoms with Gasteiger partial charge in [-0.05, 0) is 73.6 Å². The monoisotopic (exact) mass is 653 g/mol. The van der Waals surface area contributed by atoms with Crippen molar-refractivity contribution in [1.29, 1.82) is 0 Å². The van der Waals surface area contributed by atoms with Gasteiger partial charge in [0, 0.05) is 60.7 Å². The first-order valence-corrected chi connectivity index (χ1v) is 17.3. The highest BCUT2D eigenvalue weighted by atomic mass is 16.7. The molecule has 1 aliphatic carbocycles. The third-order valence-electron chi connectivity index (χ3n) is 10.9. The first-order valence-electron chi connectivity index (χ1n) is 17.3. The molecule has 0 radical (unpaired) electrons. The molecule has 0 spiro atoms. The van der Waals surface area contributed by atoms with Gasteiger partial charge >= 0.3 is 0 Å². The Kier molecular flexibility index (Phi) is 8.89. The summed E-state index contributed by atoms with van der Waals surface area (Å²) in [7, 11) is 0. The molecule has 1 aromatic carbocycles. The molecule has 4 fully saturated rings. The zero-order chi connectivity index (χ0) is 33.6. The van der Waals surface area contributed by atoms with Gasteiger partial charge in [-0.3, -0.25) is 19.5 Å². The van der Waals surface area contributed by atoms with Gasteiger partial charge in [-0.2, -0.15) is 0 Å². The average Bonchev–Trinajstić information content (AvgIpc) is 3.82. The van der Waals surface area contributed by atoms with Crippen molar-refractivity contribution in [1.82, 2.24) is 20.4 Å². The molecule has 1 N–H and O–H groups in total. The Morgan fingerprint density at radius 2 is 1.85 bits per heavy atom.